The molecule has 9 heteroatoms. The fraction of sp³-hybridized carbons (Fsp3) is 0.667. The molecule has 0 aliphatic heterocycles. The molecule has 0 saturated carbocycles. The zero-order chi connectivity index (χ0) is 11.7. The number of nitrogens with two attached hydrogens (primary N) is 2. The Labute approximate surface area is 97.4 Å². The van der Waals surface area contributed by atoms with Crippen molar-refractivity contribution in [1.82, 2.24) is 0 Å². The quantitative estimate of drug-likeness (QED) is 0.386. The van der Waals surface area contributed by atoms with Gasteiger partial charge in [0.15, 0.2) is 0 Å². The molecule has 0 heterocycles. The number of carboxylic acids is 2. The maximum Gasteiger partial charge on any atom is 0.322 e. The van der Waals surface area contributed by atoms with Crippen LogP contribution in [0.5, 0.6) is 0 Å². The molecule has 0 rings (SSSR count). The molecule has 0 fully saturated rings. The first-order valence-electron chi connectivity index (χ1n) is 3.50. The fourth-order valence-corrected chi connectivity index (χ4v) is 0.276. The minimum absolute atomic E-state index is 0. The number of halogens is 2. The minimum atomic E-state index is -1.18. The van der Waals surface area contributed by atoms with E-state index >= 15 is 0 Å². The zero-order valence-electron chi connectivity index (χ0n) is 7.67. The van der Waals surface area contributed by atoms with Crippen molar-refractivity contribution in [3.63, 3.8) is 0 Å². The van der Waals surface area contributed by atoms with E-state index in [1.165, 1.54) is 0 Å². The number of alkyl halides is 1. The summed E-state index contributed by atoms with van der Waals surface area (Å²) >= 11 is 5.04. The van der Waals surface area contributed by atoms with Crippen LogP contribution >= 0.6 is 24.0 Å². The van der Waals surface area contributed by atoms with Gasteiger partial charge in [-0.25, -0.2) is 0 Å². The van der Waals surface area contributed by atoms with E-state index in [0.717, 1.165) is 0 Å². The van der Waals surface area contributed by atoms with Crippen LogP contribution in [0, 0.1) is 0 Å². The molecule has 7 N–H and O–H groups in total. The monoisotopic (exact) mass is 264 g/mol. The van der Waals surface area contributed by atoms with Gasteiger partial charge in [-0.3, -0.25) is 9.59 Å². The van der Waals surface area contributed by atoms with Crippen molar-refractivity contribution in [2.75, 3.05) is 12.5 Å². The van der Waals surface area contributed by atoms with E-state index in [1.807, 2.05) is 0 Å². The predicted molar refractivity (Wildman–Crippen MR) is 56.3 cm³/mol. The smallest absolute Gasteiger partial charge is 0.322 e. The highest BCUT2D eigenvalue weighted by Gasteiger charge is 2.07. The Morgan fingerprint density at radius 1 is 1.13 bits per heavy atom. The number of aliphatic hydroxyl groups is 1. The van der Waals surface area contributed by atoms with E-state index in [1.54, 1.807) is 0 Å². The van der Waals surface area contributed by atoms with Crippen molar-refractivity contribution >= 4 is 35.9 Å². The predicted octanol–water partition coefficient (Wildman–Crippen LogP) is -1.55. The summed E-state index contributed by atoms with van der Waals surface area (Å²) in [5, 5.41) is 23.9. The standard InChI is InChI=1S/C3H6ClNO2.C3H7NO3.ClH/c4-1-2(5)3(6)7;4-2(1-5)3(6)7;/h2H,1,5H2,(H,6,7);2,5H,1,4H2,(H,6,7);1H/t2*2-;/m00./s1. The molecule has 0 bridgehead atoms. The van der Waals surface area contributed by atoms with Crippen LogP contribution in [0.3, 0.4) is 0 Å². The molecule has 7 nitrogen and oxygen atoms in total. The first-order valence-corrected chi connectivity index (χ1v) is 4.03. The van der Waals surface area contributed by atoms with E-state index in [0.29, 0.717) is 0 Å². The summed E-state index contributed by atoms with van der Waals surface area (Å²) in [4.78, 5) is 19.4. The van der Waals surface area contributed by atoms with Gasteiger partial charge in [0.1, 0.15) is 12.1 Å². The van der Waals surface area contributed by atoms with Crippen molar-refractivity contribution < 1.29 is 24.9 Å². The van der Waals surface area contributed by atoms with Gasteiger partial charge in [0.2, 0.25) is 0 Å². The number of aliphatic hydroxyl groups excluding tert-OH is 1. The van der Waals surface area contributed by atoms with Crippen LogP contribution in [0.4, 0.5) is 0 Å². The average molecular weight is 265 g/mol. The van der Waals surface area contributed by atoms with Crippen LogP contribution in [0.15, 0.2) is 0 Å². The lowest BCUT2D eigenvalue weighted by Gasteiger charge is -1.96. The molecule has 2 atom stereocenters. The Bertz CT molecular complexity index is 172. The number of aliphatic carboxylic acids is 2. The molecule has 0 aromatic carbocycles. The van der Waals surface area contributed by atoms with Crippen LogP contribution < -0.4 is 11.5 Å². The Balaban J connectivity index is -0.000000180. The molecule has 92 valence electrons. The molecule has 0 saturated heterocycles. The van der Waals surface area contributed by atoms with Crippen LogP contribution in [-0.2, 0) is 9.59 Å². The van der Waals surface area contributed by atoms with Crippen molar-refractivity contribution in [3.8, 4) is 0 Å². The average Bonchev–Trinajstić information content (AvgIpc) is 2.15. The molecule has 0 radical (unpaired) electrons. The van der Waals surface area contributed by atoms with E-state index in [9.17, 15) is 9.59 Å². The second kappa shape index (κ2) is 11.5. The number of rotatable bonds is 4. The zero-order valence-corrected chi connectivity index (χ0v) is 9.24. The summed E-state index contributed by atoms with van der Waals surface area (Å²) in [6.07, 6.45) is 0. The lowest BCUT2D eigenvalue weighted by molar-refractivity contribution is -0.139. The van der Waals surface area contributed by atoms with Crippen LogP contribution in [0.2, 0.25) is 0 Å². The number of hydrogen-bond acceptors (Lipinski definition) is 5. The lowest BCUT2D eigenvalue weighted by Crippen LogP contribution is -2.33. The van der Waals surface area contributed by atoms with Crippen molar-refractivity contribution in [1.29, 1.82) is 0 Å². The Morgan fingerprint density at radius 3 is 1.47 bits per heavy atom. The molecule has 0 amide bonds. The Hall–Kier alpha value is -0.600. The molecule has 0 spiro atoms. The van der Waals surface area contributed by atoms with Crippen molar-refractivity contribution in [2.24, 2.45) is 11.5 Å². The molecule has 0 aromatic heterocycles. The largest absolute Gasteiger partial charge is 0.480 e. The van der Waals surface area contributed by atoms with Gasteiger partial charge in [0.25, 0.3) is 0 Å². The fourth-order valence-electron chi connectivity index (χ4n) is 0.144. The van der Waals surface area contributed by atoms with Gasteiger partial charge < -0.3 is 26.8 Å². The number of carbonyl (C=O) groups is 2. The first kappa shape index (κ1) is 19.9. The number of carboxylic acid groups (broad SMARTS) is 2. The summed E-state index contributed by atoms with van der Waals surface area (Å²) in [5.74, 6) is -2.27. The summed E-state index contributed by atoms with van der Waals surface area (Å²) < 4.78 is 0. The normalized spacial score (nSPS) is 12.5. The van der Waals surface area contributed by atoms with Gasteiger partial charge in [-0.1, -0.05) is 0 Å². The molecule has 0 aliphatic carbocycles. The van der Waals surface area contributed by atoms with Crippen molar-refractivity contribution in [2.45, 2.75) is 12.1 Å². The van der Waals surface area contributed by atoms with E-state index < -0.39 is 30.6 Å². The maximum atomic E-state index is 9.72. The second-order valence-corrected chi connectivity index (χ2v) is 2.53. The third-order valence-electron chi connectivity index (χ3n) is 0.997. The molecule has 15 heavy (non-hydrogen) atoms. The van der Waals surface area contributed by atoms with Gasteiger partial charge in [-0.05, 0) is 0 Å². The third-order valence-corrected chi connectivity index (χ3v) is 1.33. The Kier molecular flexibility index (Phi) is 15.2. The summed E-state index contributed by atoms with van der Waals surface area (Å²) in [5.41, 5.74) is 9.65. The highest BCUT2D eigenvalue weighted by molar-refractivity contribution is 6.19. The highest BCUT2D eigenvalue weighted by Crippen LogP contribution is 1.80. The maximum absolute atomic E-state index is 9.72. The molecular formula is C6H14Cl2N2O5. The summed E-state index contributed by atoms with van der Waals surface area (Å²) in [6.45, 7) is -0.505. The molecule has 0 unspecified atom stereocenters. The molecule has 0 aromatic rings. The van der Waals surface area contributed by atoms with E-state index in [-0.39, 0.29) is 18.3 Å². The minimum Gasteiger partial charge on any atom is -0.480 e. The summed E-state index contributed by atoms with van der Waals surface area (Å²) in [6, 6.07) is -2.04. The van der Waals surface area contributed by atoms with Crippen molar-refractivity contribution in [3.05, 3.63) is 0 Å². The van der Waals surface area contributed by atoms with Gasteiger partial charge in [0, 0.05) is 5.88 Å². The van der Waals surface area contributed by atoms with Crippen LogP contribution in [0.1, 0.15) is 0 Å². The first-order chi connectivity index (χ1) is 6.36. The highest BCUT2D eigenvalue weighted by atomic mass is 35.5. The van der Waals surface area contributed by atoms with Gasteiger partial charge in [-0.15, -0.1) is 24.0 Å². The van der Waals surface area contributed by atoms with Crippen LogP contribution in [-0.4, -0.2) is 51.8 Å². The third kappa shape index (κ3) is 13.4. The number of hydrogen-bond donors (Lipinski definition) is 5. The topological polar surface area (TPSA) is 147 Å². The van der Waals surface area contributed by atoms with Crippen LogP contribution in [0.25, 0.3) is 0 Å². The molecular weight excluding hydrogens is 251 g/mol. The van der Waals surface area contributed by atoms with E-state index in [4.69, 9.17) is 38.4 Å². The van der Waals surface area contributed by atoms with Gasteiger partial charge in [-0.2, -0.15) is 0 Å². The van der Waals surface area contributed by atoms with Gasteiger partial charge in [0.05, 0.1) is 6.61 Å². The second-order valence-electron chi connectivity index (χ2n) is 2.23. The van der Waals surface area contributed by atoms with E-state index in [2.05, 4.69) is 0 Å². The van der Waals surface area contributed by atoms with Gasteiger partial charge >= 0.3 is 11.9 Å². The summed E-state index contributed by atoms with van der Waals surface area (Å²) in [7, 11) is 0. The molecule has 0 aliphatic rings. The lowest BCUT2D eigenvalue weighted by atomic mass is 10.3. The Morgan fingerprint density at radius 2 is 1.47 bits per heavy atom. The SMILES string of the molecule is Cl.N[C@@H](CCl)C(=O)O.N[C@@H](CO)C(=O)O.